The molecule has 1 aromatic heterocycles. The largest absolute Gasteiger partial charge is 0.387 e. The molecule has 4 heteroatoms. The summed E-state index contributed by atoms with van der Waals surface area (Å²) in [5.41, 5.74) is 2.42. The van der Waals surface area contributed by atoms with Crippen LogP contribution in [-0.4, -0.2) is 18.3 Å². The number of carbonyl (C=O) groups excluding carboxylic acids is 1. The molecular weight excluding hydrogens is 267 g/mol. The van der Waals surface area contributed by atoms with Gasteiger partial charge >= 0.3 is 0 Å². The van der Waals surface area contributed by atoms with Crippen molar-refractivity contribution in [3.63, 3.8) is 0 Å². The minimum Gasteiger partial charge on any atom is -0.387 e. The molecule has 0 fully saturated rings. The number of aldehydes is 1. The summed E-state index contributed by atoms with van der Waals surface area (Å²) in [5.74, 6) is 0. The number of nitrogens with one attached hydrogen (secondary N) is 1. The minimum absolute atomic E-state index is 0.603. The van der Waals surface area contributed by atoms with E-state index in [0.717, 1.165) is 22.1 Å². The predicted octanol–water partition coefficient (Wildman–Crippen LogP) is 1.87. The second-order valence-corrected chi connectivity index (χ2v) is 3.03. The van der Waals surface area contributed by atoms with E-state index in [1.54, 1.807) is 13.2 Å². The molecule has 1 heterocycles. The lowest BCUT2D eigenvalue weighted by atomic mass is 10.2. The minimum atomic E-state index is 0.603. The van der Waals surface area contributed by atoms with E-state index in [2.05, 4.69) is 32.9 Å². The Morgan fingerprint density at radius 3 is 3.00 bits per heavy atom. The number of rotatable bonds is 3. The number of pyridine rings is 1. The van der Waals surface area contributed by atoms with E-state index in [1.165, 1.54) is 0 Å². The summed E-state index contributed by atoms with van der Waals surface area (Å²) in [5, 5.41) is 2.95. The standard InChI is InChI=1S/C8H9IN2O/c1-10-8-2-7(3-9)11-4-6(8)5-12/h2,4-5H,3H2,1H3,(H,10,11). The smallest absolute Gasteiger partial charge is 0.153 e. The number of hydrogen-bond donors (Lipinski definition) is 1. The fourth-order valence-corrected chi connectivity index (χ4v) is 1.31. The highest BCUT2D eigenvalue weighted by atomic mass is 127. The Bertz CT molecular complexity index is 288. The maximum absolute atomic E-state index is 10.5. The number of anilines is 1. The van der Waals surface area contributed by atoms with Crippen molar-refractivity contribution >= 4 is 34.6 Å². The molecule has 0 radical (unpaired) electrons. The van der Waals surface area contributed by atoms with Gasteiger partial charge in [0.15, 0.2) is 6.29 Å². The van der Waals surface area contributed by atoms with Crippen molar-refractivity contribution < 1.29 is 4.79 Å². The first kappa shape index (κ1) is 9.44. The molecule has 0 spiro atoms. The van der Waals surface area contributed by atoms with Crippen molar-refractivity contribution in [2.45, 2.75) is 4.43 Å². The summed E-state index contributed by atoms with van der Waals surface area (Å²) >= 11 is 2.23. The van der Waals surface area contributed by atoms with Crippen molar-refractivity contribution in [2.75, 3.05) is 12.4 Å². The van der Waals surface area contributed by atoms with Crippen LogP contribution in [0.1, 0.15) is 16.1 Å². The van der Waals surface area contributed by atoms with E-state index in [0.29, 0.717) is 5.56 Å². The Labute approximate surface area is 84.7 Å². The third-order valence-corrected chi connectivity index (χ3v) is 2.31. The Hall–Kier alpha value is -0.650. The number of aromatic nitrogens is 1. The number of carbonyl (C=O) groups is 1. The molecule has 1 rings (SSSR count). The van der Waals surface area contributed by atoms with Gasteiger partial charge in [0.25, 0.3) is 0 Å². The summed E-state index contributed by atoms with van der Waals surface area (Å²) in [7, 11) is 1.79. The maximum atomic E-state index is 10.5. The molecule has 0 aliphatic carbocycles. The van der Waals surface area contributed by atoms with Crippen LogP contribution in [0.3, 0.4) is 0 Å². The van der Waals surface area contributed by atoms with E-state index in [4.69, 9.17) is 0 Å². The van der Waals surface area contributed by atoms with E-state index in [9.17, 15) is 4.79 Å². The number of halogens is 1. The van der Waals surface area contributed by atoms with Gasteiger partial charge in [0.05, 0.1) is 11.3 Å². The topological polar surface area (TPSA) is 42.0 Å². The Morgan fingerprint density at radius 1 is 1.75 bits per heavy atom. The molecule has 1 N–H and O–H groups in total. The molecule has 64 valence electrons. The fourth-order valence-electron chi connectivity index (χ4n) is 0.893. The molecule has 1 aromatic rings. The Kier molecular flexibility index (Phi) is 3.46. The van der Waals surface area contributed by atoms with Crippen molar-refractivity contribution in [3.8, 4) is 0 Å². The van der Waals surface area contributed by atoms with E-state index >= 15 is 0 Å². The normalized spacial score (nSPS) is 9.50. The zero-order valence-corrected chi connectivity index (χ0v) is 8.83. The molecule has 0 aliphatic heterocycles. The van der Waals surface area contributed by atoms with Crippen molar-refractivity contribution in [1.82, 2.24) is 4.98 Å². The number of nitrogens with zero attached hydrogens (tertiary/aromatic N) is 1. The van der Waals surface area contributed by atoms with Crippen LogP contribution in [-0.2, 0) is 4.43 Å². The lowest BCUT2D eigenvalue weighted by Crippen LogP contribution is -1.97. The van der Waals surface area contributed by atoms with Crippen molar-refractivity contribution in [1.29, 1.82) is 0 Å². The highest BCUT2D eigenvalue weighted by Crippen LogP contribution is 2.14. The van der Waals surface area contributed by atoms with Gasteiger partial charge in [-0.1, -0.05) is 22.6 Å². The fraction of sp³-hybridized carbons (Fsp3) is 0.250. The molecule has 0 aromatic carbocycles. The van der Waals surface area contributed by atoms with Gasteiger partial charge in [-0.15, -0.1) is 0 Å². The molecule has 0 aliphatic rings. The molecule has 0 saturated heterocycles. The quantitative estimate of drug-likeness (QED) is 0.520. The van der Waals surface area contributed by atoms with E-state index in [1.807, 2.05) is 6.07 Å². The lowest BCUT2D eigenvalue weighted by molar-refractivity contribution is 0.112. The zero-order valence-electron chi connectivity index (χ0n) is 6.67. The van der Waals surface area contributed by atoms with Gasteiger partial charge in [0.2, 0.25) is 0 Å². The molecule has 0 amide bonds. The molecule has 12 heavy (non-hydrogen) atoms. The molecule has 0 saturated carbocycles. The van der Waals surface area contributed by atoms with Crippen LogP contribution in [0, 0.1) is 0 Å². The second kappa shape index (κ2) is 4.39. The summed E-state index contributed by atoms with van der Waals surface area (Å²) in [6.07, 6.45) is 2.39. The number of hydrogen-bond acceptors (Lipinski definition) is 3. The van der Waals surface area contributed by atoms with Gasteiger partial charge in [0.1, 0.15) is 0 Å². The lowest BCUT2D eigenvalue weighted by Gasteiger charge is -2.04. The van der Waals surface area contributed by atoms with Gasteiger partial charge < -0.3 is 5.32 Å². The average Bonchev–Trinajstić information content (AvgIpc) is 2.16. The van der Waals surface area contributed by atoms with Crippen LogP contribution >= 0.6 is 22.6 Å². The van der Waals surface area contributed by atoms with Crippen LogP contribution in [0.15, 0.2) is 12.3 Å². The molecular formula is C8H9IN2O. The molecule has 0 unspecified atom stereocenters. The molecule has 0 atom stereocenters. The molecule has 3 nitrogen and oxygen atoms in total. The van der Waals surface area contributed by atoms with Crippen LogP contribution in [0.25, 0.3) is 0 Å². The first-order chi connectivity index (χ1) is 5.81. The SMILES string of the molecule is CNc1cc(CI)ncc1C=O. The highest BCUT2D eigenvalue weighted by Gasteiger charge is 2.01. The summed E-state index contributed by atoms with van der Waals surface area (Å²) in [4.78, 5) is 14.6. The van der Waals surface area contributed by atoms with Crippen molar-refractivity contribution in [2.24, 2.45) is 0 Å². The first-order valence-corrected chi connectivity index (χ1v) is 5.02. The Balaban J connectivity index is 3.10. The third kappa shape index (κ3) is 1.94. The maximum Gasteiger partial charge on any atom is 0.153 e. The van der Waals surface area contributed by atoms with Gasteiger partial charge in [-0.05, 0) is 6.07 Å². The van der Waals surface area contributed by atoms with Gasteiger partial charge in [-0.2, -0.15) is 0 Å². The van der Waals surface area contributed by atoms with Crippen LogP contribution in [0.4, 0.5) is 5.69 Å². The van der Waals surface area contributed by atoms with Gasteiger partial charge in [-0.25, -0.2) is 0 Å². The zero-order chi connectivity index (χ0) is 8.97. The summed E-state index contributed by atoms with van der Waals surface area (Å²) < 4.78 is 0.853. The highest BCUT2D eigenvalue weighted by molar-refractivity contribution is 14.1. The summed E-state index contributed by atoms with van der Waals surface area (Å²) in [6, 6.07) is 1.89. The van der Waals surface area contributed by atoms with Crippen LogP contribution in [0.2, 0.25) is 0 Å². The number of alkyl halides is 1. The monoisotopic (exact) mass is 276 g/mol. The second-order valence-electron chi connectivity index (χ2n) is 2.26. The summed E-state index contributed by atoms with van der Waals surface area (Å²) in [6.45, 7) is 0. The van der Waals surface area contributed by atoms with Gasteiger partial charge in [0, 0.05) is 23.4 Å². The predicted molar refractivity (Wildman–Crippen MR) is 56.9 cm³/mol. The van der Waals surface area contributed by atoms with E-state index in [-0.39, 0.29) is 0 Å². The average molecular weight is 276 g/mol. The molecule has 0 bridgehead atoms. The van der Waals surface area contributed by atoms with E-state index < -0.39 is 0 Å². The van der Waals surface area contributed by atoms with Gasteiger partial charge in [-0.3, -0.25) is 9.78 Å². The third-order valence-electron chi connectivity index (χ3n) is 1.52. The van der Waals surface area contributed by atoms with Crippen LogP contribution in [0.5, 0.6) is 0 Å². The van der Waals surface area contributed by atoms with Crippen LogP contribution < -0.4 is 5.32 Å². The first-order valence-electron chi connectivity index (χ1n) is 3.49. The Morgan fingerprint density at radius 2 is 2.50 bits per heavy atom. The van der Waals surface area contributed by atoms with Crippen molar-refractivity contribution in [3.05, 3.63) is 23.5 Å².